The van der Waals surface area contributed by atoms with E-state index in [4.69, 9.17) is 0 Å². The molecule has 2 unspecified atom stereocenters. The molecule has 4 nitrogen and oxygen atoms in total. The molecule has 0 saturated carbocycles. The maximum atomic E-state index is 12.1. The number of nitrogens with one attached hydrogen (secondary N) is 1. The summed E-state index contributed by atoms with van der Waals surface area (Å²) >= 11 is 0. The fourth-order valence-electron chi connectivity index (χ4n) is 3.70. The smallest absolute Gasteiger partial charge is 0.220 e. The summed E-state index contributed by atoms with van der Waals surface area (Å²) in [7, 11) is 0. The van der Waals surface area contributed by atoms with Gasteiger partial charge in [0.15, 0.2) is 0 Å². The number of unbranched alkanes of at least 4 members (excludes halogenated alkanes) is 8. The van der Waals surface area contributed by atoms with Crippen LogP contribution in [0, 0.1) is 0 Å². The Hall–Kier alpha value is -1.65. The number of aliphatic hydroxyl groups is 2. The second-order valence-corrected chi connectivity index (χ2v) is 9.08. The van der Waals surface area contributed by atoms with E-state index in [0.717, 1.165) is 70.6 Å². The summed E-state index contributed by atoms with van der Waals surface area (Å²) in [5, 5.41) is 22.4. The molecular formula is C30H53NO3. The van der Waals surface area contributed by atoms with E-state index in [1.54, 1.807) is 0 Å². The van der Waals surface area contributed by atoms with Crippen LogP contribution in [-0.4, -0.2) is 34.9 Å². The Kier molecular flexibility index (Phi) is 24.7. The number of hydrogen-bond acceptors (Lipinski definition) is 3. The minimum absolute atomic E-state index is 0.0621. The van der Waals surface area contributed by atoms with Gasteiger partial charge >= 0.3 is 0 Å². The highest BCUT2D eigenvalue weighted by molar-refractivity contribution is 5.76. The lowest BCUT2D eigenvalue weighted by Gasteiger charge is -2.22. The molecule has 4 heteroatoms. The highest BCUT2D eigenvalue weighted by atomic mass is 16.3. The van der Waals surface area contributed by atoms with E-state index in [1.807, 2.05) is 0 Å². The summed E-state index contributed by atoms with van der Waals surface area (Å²) < 4.78 is 0. The molecule has 0 saturated heterocycles. The van der Waals surface area contributed by atoms with Crippen molar-refractivity contribution in [1.82, 2.24) is 5.32 Å². The standard InChI is InChI=1S/C30H53NO3/c1-3-5-7-8-9-10-11-12-13-14-15-16-17-18-19-20-21-22-24-26-30(34)31-28(27-32)29(33)25-23-6-4-2/h5,7,9-10,12-13,15-16,28-29,32-33H,3-4,6,8,11,14,17-27H2,1-2H3,(H,31,34)/b7-5-,10-9-,13-12-,16-15-. The van der Waals surface area contributed by atoms with Gasteiger partial charge < -0.3 is 15.5 Å². The van der Waals surface area contributed by atoms with Crippen molar-refractivity contribution in [1.29, 1.82) is 0 Å². The number of aliphatic hydroxyl groups excluding tert-OH is 2. The van der Waals surface area contributed by atoms with Crippen LogP contribution in [0.5, 0.6) is 0 Å². The first-order chi connectivity index (χ1) is 16.7. The number of carbonyl (C=O) groups excluding carboxylic acids is 1. The Balaban J connectivity index is 3.59. The Morgan fingerprint density at radius 2 is 1.29 bits per heavy atom. The average Bonchev–Trinajstić information content (AvgIpc) is 2.84. The monoisotopic (exact) mass is 475 g/mol. The van der Waals surface area contributed by atoms with E-state index in [1.165, 1.54) is 19.3 Å². The number of carbonyl (C=O) groups is 1. The van der Waals surface area contributed by atoms with Gasteiger partial charge in [-0.05, 0) is 51.4 Å². The van der Waals surface area contributed by atoms with Crippen LogP contribution < -0.4 is 5.32 Å². The van der Waals surface area contributed by atoms with Gasteiger partial charge in [0.2, 0.25) is 5.91 Å². The van der Waals surface area contributed by atoms with E-state index in [2.05, 4.69) is 67.8 Å². The Bertz CT molecular complexity index is 565. The first kappa shape index (κ1) is 32.4. The van der Waals surface area contributed by atoms with E-state index in [9.17, 15) is 15.0 Å². The van der Waals surface area contributed by atoms with Gasteiger partial charge in [0.1, 0.15) is 0 Å². The molecule has 1 amide bonds. The number of hydrogen-bond donors (Lipinski definition) is 3. The van der Waals surface area contributed by atoms with E-state index in [0.29, 0.717) is 12.8 Å². The molecule has 0 spiro atoms. The summed E-state index contributed by atoms with van der Waals surface area (Å²) in [5.74, 6) is -0.0621. The van der Waals surface area contributed by atoms with Crippen molar-refractivity contribution in [2.24, 2.45) is 0 Å². The van der Waals surface area contributed by atoms with E-state index < -0.39 is 12.1 Å². The topological polar surface area (TPSA) is 69.6 Å². The fourth-order valence-corrected chi connectivity index (χ4v) is 3.70. The summed E-state index contributed by atoms with van der Waals surface area (Å²) in [6, 6.07) is -0.539. The lowest BCUT2D eigenvalue weighted by Crippen LogP contribution is -2.45. The quantitative estimate of drug-likeness (QED) is 0.107. The molecule has 0 aliphatic rings. The average molecular weight is 476 g/mol. The normalized spacial score (nSPS) is 14.1. The zero-order chi connectivity index (χ0) is 25.1. The van der Waals surface area contributed by atoms with Crippen LogP contribution >= 0.6 is 0 Å². The van der Waals surface area contributed by atoms with Crippen molar-refractivity contribution in [2.45, 2.75) is 129 Å². The lowest BCUT2D eigenvalue weighted by molar-refractivity contribution is -0.123. The second-order valence-electron chi connectivity index (χ2n) is 9.08. The number of amides is 1. The van der Waals surface area contributed by atoms with Gasteiger partial charge in [-0.3, -0.25) is 4.79 Å². The van der Waals surface area contributed by atoms with Crippen LogP contribution in [0.25, 0.3) is 0 Å². The van der Waals surface area contributed by atoms with Crippen LogP contribution in [0.2, 0.25) is 0 Å². The second kappa shape index (κ2) is 26.0. The molecule has 0 heterocycles. The molecule has 0 fully saturated rings. The Morgan fingerprint density at radius 1 is 0.735 bits per heavy atom. The van der Waals surface area contributed by atoms with Gasteiger partial charge in [0.05, 0.1) is 18.8 Å². The van der Waals surface area contributed by atoms with Gasteiger partial charge in [-0.1, -0.05) is 107 Å². The fraction of sp³-hybridized carbons (Fsp3) is 0.700. The van der Waals surface area contributed by atoms with Crippen molar-refractivity contribution >= 4 is 5.91 Å². The zero-order valence-electron chi connectivity index (χ0n) is 22.1. The van der Waals surface area contributed by atoms with Gasteiger partial charge in [-0.15, -0.1) is 0 Å². The van der Waals surface area contributed by atoms with Gasteiger partial charge in [-0.2, -0.15) is 0 Å². The van der Waals surface area contributed by atoms with Crippen LogP contribution in [0.15, 0.2) is 48.6 Å². The molecule has 3 N–H and O–H groups in total. The Labute approximate surface area is 210 Å². The molecule has 0 radical (unpaired) electrons. The third kappa shape index (κ3) is 22.2. The molecule has 2 atom stereocenters. The van der Waals surface area contributed by atoms with Crippen molar-refractivity contribution < 1.29 is 15.0 Å². The third-order valence-corrected chi connectivity index (χ3v) is 5.85. The van der Waals surface area contributed by atoms with E-state index in [-0.39, 0.29) is 12.5 Å². The molecule has 0 bridgehead atoms. The predicted molar refractivity (Wildman–Crippen MR) is 147 cm³/mol. The molecule has 0 aromatic carbocycles. The Morgan fingerprint density at radius 3 is 1.88 bits per heavy atom. The zero-order valence-corrected chi connectivity index (χ0v) is 22.1. The highest BCUT2D eigenvalue weighted by Crippen LogP contribution is 2.10. The van der Waals surface area contributed by atoms with Crippen LogP contribution in [-0.2, 0) is 4.79 Å². The van der Waals surface area contributed by atoms with Crippen molar-refractivity contribution in [3.05, 3.63) is 48.6 Å². The molecule has 196 valence electrons. The number of rotatable bonds is 23. The van der Waals surface area contributed by atoms with Crippen LogP contribution in [0.4, 0.5) is 0 Å². The lowest BCUT2D eigenvalue weighted by atomic mass is 10.0. The van der Waals surface area contributed by atoms with E-state index >= 15 is 0 Å². The molecule has 34 heavy (non-hydrogen) atoms. The van der Waals surface area contributed by atoms with Crippen molar-refractivity contribution in [2.75, 3.05) is 6.61 Å². The molecule has 0 aliphatic heterocycles. The highest BCUT2D eigenvalue weighted by Gasteiger charge is 2.19. The predicted octanol–water partition coefficient (Wildman–Crippen LogP) is 7.33. The SMILES string of the molecule is CC/C=C\C/C=C\C/C=C\C/C=C\CCCCCCCCC(=O)NC(CO)C(O)CCCCC. The third-order valence-electron chi connectivity index (χ3n) is 5.85. The minimum atomic E-state index is -0.661. The first-order valence-corrected chi connectivity index (χ1v) is 13.8. The summed E-state index contributed by atoms with van der Waals surface area (Å²) in [6.45, 7) is 4.06. The maximum absolute atomic E-state index is 12.1. The van der Waals surface area contributed by atoms with Crippen LogP contribution in [0.1, 0.15) is 117 Å². The molecular weight excluding hydrogens is 422 g/mol. The summed E-state index contributed by atoms with van der Waals surface area (Å²) in [6.07, 6.45) is 33.4. The van der Waals surface area contributed by atoms with Gasteiger partial charge in [-0.25, -0.2) is 0 Å². The molecule has 0 aliphatic carbocycles. The van der Waals surface area contributed by atoms with Gasteiger partial charge in [0, 0.05) is 6.42 Å². The van der Waals surface area contributed by atoms with Crippen molar-refractivity contribution in [3.8, 4) is 0 Å². The minimum Gasteiger partial charge on any atom is -0.394 e. The van der Waals surface area contributed by atoms with Crippen molar-refractivity contribution in [3.63, 3.8) is 0 Å². The molecule has 0 aromatic heterocycles. The van der Waals surface area contributed by atoms with Crippen LogP contribution in [0.3, 0.4) is 0 Å². The largest absolute Gasteiger partial charge is 0.394 e. The summed E-state index contributed by atoms with van der Waals surface area (Å²) in [4.78, 5) is 12.1. The summed E-state index contributed by atoms with van der Waals surface area (Å²) in [5.41, 5.74) is 0. The van der Waals surface area contributed by atoms with Gasteiger partial charge in [0.25, 0.3) is 0 Å². The maximum Gasteiger partial charge on any atom is 0.220 e. The molecule has 0 aromatic rings. The number of allylic oxidation sites excluding steroid dienone is 8. The molecule has 0 rings (SSSR count). The first-order valence-electron chi connectivity index (χ1n) is 13.8.